The fourth-order valence-electron chi connectivity index (χ4n) is 2.63. The number of ether oxygens (including phenoxy) is 2. The Morgan fingerprint density at radius 2 is 1.96 bits per heavy atom. The standard InChI is InChI=1S/C20H24N2O6/c1-14(23)16-11-18(27-2)19(12-17(16)22(25)26)28-10-6-9-20(24)21-13-15-7-4-3-5-8-15/h3-5,7-8,11-12,14,23H,6,9-10,13H2,1-2H3,(H,21,24). The van der Waals surface area contributed by atoms with Crippen LogP contribution in [0.5, 0.6) is 11.5 Å². The monoisotopic (exact) mass is 388 g/mol. The van der Waals surface area contributed by atoms with Crippen LogP contribution in [0.15, 0.2) is 42.5 Å². The van der Waals surface area contributed by atoms with Gasteiger partial charge in [0.2, 0.25) is 5.91 Å². The van der Waals surface area contributed by atoms with E-state index in [1.807, 2.05) is 30.3 Å². The molecular formula is C20H24N2O6. The quantitative estimate of drug-likeness (QED) is 0.367. The van der Waals surface area contributed by atoms with E-state index < -0.39 is 11.0 Å². The molecule has 0 spiro atoms. The summed E-state index contributed by atoms with van der Waals surface area (Å²) in [7, 11) is 1.41. The molecule has 2 N–H and O–H groups in total. The van der Waals surface area contributed by atoms with E-state index in [-0.39, 0.29) is 41.7 Å². The van der Waals surface area contributed by atoms with Crippen LogP contribution in [0.2, 0.25) is 0 Å². The topological polar surface area (TPSA) is 111 Å². The van der Waals surface area contributed by atoms with Gasteiger partial charge in [0.1, 0.15) is 0 Å². The van der Waals surface area contributed by atoms with Gasteiger partial charge in [-0.2, -0.15) is 0 Å². The van der Waals surface area contributed by atoms with Crippen LogP contribution in [0.3, 0.4) is 0 Å². The lowest BCUT2D eigenvalue weighted by Crippen LogP contribution is -2.22. The Hall–Kier alpha value is -3.13. The number of benzene rings is 2. The fourth-order valence-corrected chi connectivity index (χ4v) is 2.63. The van der Waals surface area contributed by atoms with E-state index >= 15 is 0 Å². The lowest BCUT2D eigenvalue weighted by molar-refractivity contribution is -0.386. The van der Waals surface area contributed by atoms with Crippen LogP contribution in [0, 0.1) is 10.1 Å². The second-order valence-corrected chi connectivity index (χ2v) is 6.21. The molecule has 0 aliphatic carbocycles. The molecule has 0 bridgehead atoms. The molecule has 1 atom stereocenters. The highest BCUT2D eigenvalue weighted by molar-refractivity contribution is 5.75. The van der Waals surface area contributed by atoms with E-state index in [4.69, 9.17) is 9.47 Å². The van der Waals surface area contributed by atoms with Gasteiger partial charge in [0.05, 0.1) is 36.4 Å². The maximum atomic E-state index is 11.9. The van der Waals surface area contributed by atoms with E-state index in [1.165, 1.54) is 26.2 Å². The third-order valence-electron chi connectivity index (χ3n) is 4.10. The molecule has 2 aromatic rings. The van der Waals surface area contributed by atoms with Crippen molar-refractivity contribution in [1.29, 1.82) is 0 Å². The second kappa shape index (κ2) is 10.3. The van der Waals surface area contributed by atoms with Crippen molar-refractivity contribution in [1.82, 2.24) is 5.32 Å². The van der Waals surface area contributed by atoms with E-state index in [1.54, 1.807) is 0 Å². The van der Waals surface area contributed by atoms with E-state index in [0.717, 1.165) is 5.56 Å². The normalized spacial score (nSPS) is 11.5. The third kappa shape index (κ3) is 5.95. The van der Waals surface area contributed by atoms with Gasteiger partial charge < -0.3 is 19.9 Å². The molecule has 2 rings (SSSR count). The van der Waals surface area contributed by atoms with Crippen LogP contribution in [-0.4, -0.2) is 29.7 Å². The van der Waals surface area contributed by atoms with Crippen LogP contribution in [0.25, 0.3) is 0 Å². The second-order valence-electron chi connectivity index (χ2n) is 6.21. The summed E-state index contributed by atoms with van der Waals surface area (Å²) in [6, 6.07) is 12.2. The van der Waals surface area contributed by atoms with Crippen LogP contribution in [0.4, 0.5) is 5.69 Å². The molecule has 0 radical (unpaired) electrons. The Balaban J connectivity index is 1.88. The van der Waals surface area contributed by atoms with Crippen molar-refractivity contribution in [2.75, 3.05) is 13.7 Å². The molecular weight excluding hydrogens is 364 g/mol. The van der Waals surface area contributed by atoms with Crippen molar-refractivity contribution in [2.24, 2.45) is 0 Å². The van der Waals surface area contributed by atoms with Gasteiger partial charge in [0.25, 0.3) is 5.69 Å². The zero-order valence-corrected chi connectivity index (χ0v) is 15.9. The van der Waals surface area contributed by atoms with Gasteiger partial charge in [-0.3, -0.25) is 14.9 Å². The summed E-state index contributed by atoms with van der Waals surface area (Å²) in [4.78, 5) is 22.6. The van der Waals surface area contributed by atoms with Crippen molar-refractivity contribution in [3.05, 3.63) is 63.7 Å². The Labute approximate surface area is 163 Å². The molecule has 0 saturated heterocycles. The number of carbonyl (C=O) groups excluding carboxylic acids is 1. The average molecular weight is 388 g/mol. The first-order valence-electron chi connectivity index (χ1n) is 8.90. The number of hydrogen-bond acceptors (Lipinski definition) is 6. The van der Waals surface area contributed by atoms with Crippen molar-refractivity contribution in [3.8, 4) is 11.5 Å². The zero-order valence-electron chi connectivity index (χ0n) is 15.9. The number of nitro benzene ring substituents is 1. The number of nitro groups is 1. The highest BCUT2D eigenvalue weighted by atomic mass is 16.6. The maximum Gasteiger partial charge on any atom is 0.279 e. The van der Waals surface area contributed by atoms with Gasteiger partial charge in [0, 0.05) is 13.0 Å². The number of hydrogen-bond donors (Lipinski definition) is 2. The van der Waals surface area contributed by atoms with Gasteiger partial charge in [0.15, 0.2) is 11.5 Å². The summed E-state index contributed by atoms with van der Waals surface area (Å²) < 4.78 is 10.8. The average Bonchev–Trinajstić information content (AvgIpc) is 2.69. The molecule has 28 heavy (non-hydrogen) atoms. The number of amides is 1. The lowest BCUT2D eigenvalue weighted by Gasteiger charge is -2.14. The number of aliphatic hydroxyl groups excluding tert-OH is 1. The molecule has 8 nitrogen and oxygen atoms in total. The van der Waals surface area contributed by atoms with Gasteiger partial charge >= 0.3 is 0 Å². The summed E-state index contributed by atoms with van der Waals surface area (Å²) in [6.45, 7) is 2.10. The molecule has 0 aliphatic heterocycles. The number of rotatable bonds is 10. The largest absolute Gasteiger partial charge is 0.493 e. The number of aliphatic hydroxyl groups is 1. The number of nitrogens with zero attached hydrogens (tertiary/aromatic N) is 1. The minimum atomic E-state index is -1.02. The van der Waals surface area contributed by atoms with Crippen LogP contribution in [0.1, 0.15) is 37.0 Å². The van der Waals surface area contributed by atoms with E-state index in [0.29, 0.717) is 13.0 Å². The van der Waals surface area contributed by atoms with Crippen LogP contribution in [-0.2, 0) is 11.3 Å². The first-order valence-corrected chi connectivity index (χ1v) is 8.90. The van der Waals surface area contributed by atoms with Gasteiger partial charge in [-0.15, -0.1) is 0 Å². The van der Waals surface area contributed by atoms with Gasteiger partial charge in [-0.1, -0.05) is 30.3 Å². The molecule has 1 amide bonds. The minimum Gasteiger partial charge on any atom is -0.493 e. The smallest absolute Gasteiger partial charge is 0.279 e. The zero-order chi connectivity index (χ0) is 20.5. The molecule has 0 fully saturated rings. The molecule has 150 valence electrons. The molecule has 2 aromatic carbocycles. The first-order chi connectivity index (χ1) is 13.4. The molecule has 0 saturated carbocycles. The SMILES string of the molecule is COc1cc(C(C)O)c([N+](=O)[O-])cc1OCCCC(=O)NCc1ccccc1. The van der Waals surface area contributed by atoms with Crippen molar-refractivity contribution >= 4 is 11.6 Å². The van der Waals surface area contributed by atoms with Crippen molar-refractivity contribution < 1.29 is 24.3 Å². The predicted octanol–water partition coefficient (Wildman–Crippen LogP) is 3.13. The first kappa shape index (κ1) is 21.2. The van der Waals surface area contributed by atoms with Gasteiger partial charge in [-0.05, 0) is 25.0 Å². The summed E-state index contributed by atoms with van der Waals surface area (Å²) >= 11 is 0. The molecule has 8 heteroatoms. The number of carbonyl (C=O) groups is 1. The molecule has 1 unspecified atom stereocenters. The molecule has 0 aromatic heterocycles. The maximum absolute atomic E-state index is 11.9. The fraction of sp³-hybridized carbons (Fsp3) is 0.350. The van der Waals surface area contributed by atoms with Crippen molar-refractivity contribution in [3.63, 3.8) is 0 Å². The van der Waals surface area contributed by atoms with Crippen LogP contribution < -0.4 is 14.8 Å². The summed E-state index contributed by atoms with van der Waals surface area (Å²) in [5, 5.41) is 23.8. The summed E-state index contributed by atoms with van der Waals surface area (Å²) in [6.07, 6.45) is -0.310. The van der Waals surface area contributed by atoms with E-state index in [9.17, 15) is 20.0 Å². The number of methoxy groups -OCH3 is 1. The molecule has 0 heterocycles. The Kier molecular flexibility index (Phi) is 7.76. The highest BCUT2D eigenvalue weighted by Gasteiger charge is 2.22. The number of nitrogens with one attached hydrogen (secondary N) is 1. The minimum absolute atomic E-state index is 0.102. The van der Waals surface area contributed by atoms with Crippen LogP contribution >= 0.6 is 0 Å². The Bertz CT molecular complexity index is 808. The lowest BCUT2D eigenvalue weighted by atomic mass is 10.1. The van der Waals surface area contributed by atoms with Gasteiger partial charge in [-0.25, -0.2) is 0 Å². The van der Waals surface area contributed by atoms with E-state index in [2.05, 4.69) is 5.32 Å². The highest BCUT2D eigenvalue weighted by Crippen LogP contribution is 2.37. The predicted molar refractivity (Wildman–Crippen MR) is 103 cm³/mol. The Morgan fingerprint density at radius 1 is 1.25 bits per heavy atom. The third-order valence-corrected chi connectivity index (χ3v) is 4.10. The Morgan fingerprint density at radius 3 is 2.57 bits per heavy atom. The molecule has 0 aliphatic rings. The van der Waals surface area contributed by atoms with Crippen molar-refractivity contribution in [2.45, 2.75) is 32.4 Å². The summed E-state index contributed by atoms with van der Waals surface area (Å²) in [5.74, 6) is 0.383. The summed E-state index contributed by atoms with van der Waals surface area (Å²) in [5.41, 5.74) is 0.920.